The van der Waals surface area contributed by atoms with E-state index < -0.39 is 5.91 Å². The highest BCUT2D eigenvalue weighted by Crippen LogP contribution is 2.28. The largest absolute Gasteiger partial charge is 0.505 e. The molecule has 0 aliphatic rings. The van der Waals surface area contributed by atoms with Crippen molar-refractivity contribution in [3.05, 3.63) is 78.4 Å². The lowest BCUT2D eigenvalue weighted by Crippen LogP contribution is -2.12. The third-order valence-corrected chi connectivity index (χ3v) is 3.74. The van der Waals surface area contributed by atoms with Gasteiger partial charge in [0.25, 0.3) is 5.91 Å². The first-order valence-corrected chi connectivity index (χ1v) is 7.68. The molecule has 0 aliphatic heterocycles. The quantitative estimate of drug-likeness (QED) is 0.490. The van der Waals surface area contributed by atoms with Gasteiger partial charge in [-0.2, -0.15) is 0 Å². The fourth-order valence-corrected chi connectivity index (χ4v) is 2.48. The summed E-state index contributed by atoms with van der Waals surface area (Å²) in [6.45, 7) is 0. The summed E-state index contributed by atoms with van der Waals surface area (Å²) in [6, 6.07) is 21.9. The Kier molecular flexibility index (Phi) is 4.76. The lowest BCUT2D eigenvalue weighted by molar-refractivity contribution is -0.105. The molecule has 0 bridgehead atoms. The van der Waals surface area contributed by atoms with Gasteiger partial charge in [-0.3, -0.25) is 9.59 Å². The van der Waals surface area contributed by atoms with Crippen LogP contribution in [0.2, 0.25) is 0 Å². The van der Waals surface area contributed by atoms with E-state index in [0.29, 0.717) is 12.1 Å². The molecule has 3 rings (SSSR count). The summed E-state index contributed by atoms with van der Waals surface area (Å²) in [5.41, 5.74) is 3.00. The van der Waals surface area contributed by atoms with Gasteiger partial charge in [-0.05, 0) is 35.4 Å². The molecule has 0 radical (unpaired) electrons. The van der Waals surface area contributed by atoms with Crippen LogP contribution in [0.1, 0.15) is 10.4 Å². The van der Waals surface area contributed by atoms with E-state index in [1.807, 2.05) is 42.5 Å². The van der Waals surface area contributed by atoms with Crippen LogP contribution in [0.25, 0.3) is 11.1 Å². The van der Waals surface area contributed by atoms with Crippen LogP contribution in [0.3, 0.4) is 0 Å². The topological polar surface area (TPSA) is 78.4 Å². The zero-order valence-corrected chi connectivity index (χ0v) is 13.3. The first-order chi connectivity index (χ1) is 12.2. The predicted octanol–water partition coefficient (Wildman–Crippen LogP) is 3.88. The minimum atomic E-state index is -0.459. The van der Waals surface area contributed by atoms with E-state index in [1.54, 1.807) is 18.2 Å². The van der Waals surface area contributed by atoms with Crippen LogP contribution in [0.5, 0.6) is 5.75 Å². The third-order valence-electron chi connectivity index (χ3n) is 3.74. The maximum absolute atomic E-state index is 12.4. The van der Waals surface area contributed by atoms with Crippen molar-refractivity contribution >= 4 is 23.7 Å². The maximum atomic E-state index is 12.4. The SMILES string of the molecule is O=CNc1cccc(C(=O)Nc2ccc(-c3ccccc3)cc2)c1O. The van der Waals surface area contributed by atoms with Crippen molar-refractivity contribution in [2.24, 2.45) is 0 Å². The summed E-state index contributed by atoms with van der Waals surface area (Å²) in [7, 11) is 0. The second-order valence-corrected chi connectivity index (χ2v) is 5.36. The highest BCUT2D eigenvalue weighted by atomic mass is 16.3. The standard InChI is InChI=1S/C20H16N2O3/c23-13-21-18-8-4-7-17(19(18)24)20(25)22-16-11-9-15(10-12-16)14-5-2-1-3-6-14/h1-13,24H,(H,21,23)(H,22,25). The van der Waals surface area contributed by atoms with E-state index in [2.05, 4.69) is 10.6 Å². The van der Waals surface area contributed by atoms with Gasteiger partial charge in [-0.1, -0.05) is 48.5 Å². The molecule has 25 heavy (non-hydrogen) atoms. The Hall–Kier alpha value is -3.60. The van der Waals surface area contributed by atoms with E-state index >= 15 is 0 Å². The molecule has 124 valence electrons. The number of hydrogen-bond acceptors (Lipinski definition) is 3. The predicted molar refractivity (Wildman–Crippen MR) is 97.6 cm³/mol. The number of rotatable bonds is 5. The second-order valence-electron chi connectivity index (χ2n) is 5.36. The van der Waals surface area contributed by atoms with Gasteiger partial charge in [-0.25, -0.2) is 0 Å². The van der Waals surface area contributed by atoms with Crippen LogP contribution < -0.4 is 10.6 Å². The van der Waals surface area contributed by atoms with E-state index in [-0.39, 0.29) is 17.0 Å². The summed E-state index contributed by atoms with van der Waals surface area (Å²) in [5, 5.41) is 15.2. The van der Waals surface area contributed by atoms with Crippen molar-refractivity contribution in [2.75, 3.05) is 10.6 Å². The molecule has 3 aromatic carbocycles. The Labute approximate surface area is 144 Å². The first-order valence-electron chi connectivity index (χ1n) is 7.68. The highest BCUT2D eigenvalue weighted by molar-refractivity contribution is 6.07. The number of para-hydroxylation sites is 1. The van der Waals surface area contributed by atoms with Crippen molar-refractivity contribution in [1.29, 1.82) is 0 Å². The Balaban J connectivity index is 1.78. The number of nitrogens with one attached hydrogen (secondary N) is 2. The van der Waals surface area contributed by atoms with Crippen LogP contribution in [0.15, 0.2) is 72.8 Å². The molecule has 0 aromatic heterocycles. The zero-order chi connectivity index (χ0) is 17.6. The molecule has 0 saturated carbocycles. The van der Waals surface area contributed by atoms with Crippen molar-refractivity contribution < 1.29 is 14.7 Å². The second kappa shape index (κ2) is 7.31. The van der Waals surface area contributed by atoms with Crippen LogP contribution in [0, 0.1) is 0 Å². The minimum absolute atomic E-state index is 0.0824. The molecule has 0 heterocycles. The minimum Gasteiger partial charge on any atom is -0.505 e. The average molecular weight is 332 g/mol. The fraction of sp³-hybridized carbons (Fsp3) is 0. The van der Waals surface area contributed by atoms with Crippen molar-refractivity contribution in [1.82, 2.24) is 0 Å². The summed E-state index contributed by atoms with van der Waals surface area (Å²) < 4.78 is 0. The molecule has 0 unspecified atom stereocenters. The van der Waals surface area contributed by atoms with Crippen molar-refractivity contribution in [3.63, 3.8) is 0 Å². The van der Waals surface area contributed by atoms with Crippen LogP contribution in [-0.4, -0.2) is 17.4 Å². The maximum Gasteiger partial charge on any atom is 0.259 e. The number of phenolic OH excluding ortho intramolecular Hbond substituents is 1. The molecule has 5 heteroatoms. The monoisotopic (exact) mass is 332 g/mol. The van der Waals surface area contributed by atoms with E-state index in [1.165, 1.54) is 12.1 Å². The lowest BCUT2D eigenvalue weighted by Gasteiger charge is -2.10. The molecule has 2 amide bonds. The normalized spacial score (nSPS) is 10.1. The number of hydrogen-bond donors (Lipinski definition) is 3. The smallest absolute Gasteiger partial charge is 0.259 e. The molecule has 5 nitrogen and oxygen atoms in total. The van der Waals surface area contributed by atoms with Crippen LogP contribution >= 0.6 is 0 Å². The summed E-state index contributed by atoms with van der Waals surface area (Å²) in [6.07, 6.45) is 0.443. The van der Waals surface area contributed by atoms with Gasteiger partial charge in [0.2, 0.25) is 6.41 Å². The van der Waals surface area contributed by atoms with Gasteiger partial charge in [0, 0.05) is 5.69 Å². The number of carbonyl (C=O) groups is 2. The molecular weight excluding hydrogens is 316 g/mol. The molecule has 0 fully saturated rings. The van der Waals surface area contributed by atoms with Crippen molar-refractivity contribution in [3.8, 4) is 16.9 Å². The summed E-state index contributed by atoms with van der Waals surface area (Å²) in [5.74, 6) is -0.729. The Morgan fingerprint density at radius 3 is 2.20 bits per heavy atom. The van der Waals surface area contributed by atoms with Gasteiger partial charge in [0.1, 0.15) is 0 Å². The highest BCUT2D eigenvalue weighted by Gasteiger charge is 2.14. The third kappa shape index (κ3) is 3.67. The number of phenols is 1. The summed E-state index contributed by atoms with van der Waals surface area (Å²) in [4.78, 5) is 22.9. The number of carbonyl (C=O) groups excluding carboxylic acids is 2. The molecule has 3 aromatic rings. The van der Waals surface area contributed by atoms with Gasteiger partial charge in [0.05, 0.1) is 11.3 Å². The van der Waals surface area contributed by atoms with E-state index in [9.17, 15) is 14.7 Å². The number of aromatic hydroxyl groups is 1. The Morgan fingerprint density at radius 1 is 0.840 bits per heavy atom. The number of anilines is 2. The lowest BCUT2D eigenvalue weighted by atomic mass is 10.1. The van der Waals surface area contributed by atoms with Crippen molar-refractivity contribution in [2.45, 2.75) is 0 Å². The fourth-order valence-electron chi connectivity index (χ4n) is 2.48. The van der Waals surface area contributed by atoms with Crippen LogP contribution in [-0.2, 0) is 4.79 Å². The summed E-state index contributed by atoms with van der Waals surface area (Å²) >= 11 is 0. The van der Waals surface area contributed by atoms with Gasteiger partial charge in [-0.15, -0.1) is 0 Å². The molecule has 0 spiro atoms. The number of amides is 2. The molecular formula is C20H16N2O3. The Morgan fingerprint density at radius 2 is 1.52 bits per heavy atom. The average Bonchev–Trinajstić information content (AvgIpc) is 2.65. The molecule has 0 saturated heterocycles. The molecule has 0 aliphatic carbocycles. The first kappa shape index (κ1) is 16.3. The van der Waals surface area contributed by atoms with Gasteiger partial charge in [0.15, 0.2) is 5.75 Å². The van der Waals surface area contributed by atoms with Gasteiger partial charge < -0.3 is 15.7 Å². The zero-order valence-electron chi connectivity index (χ0n) is 13.3. The van der Waals surface area contributed by atoms with Crippen LogP contribution in [0.4, 0.5) is 11.4 Å². The van der Waals surface area contributed by atoms with Gasteiger partial charge >= 0.3 is 0 Å². The molecule has 3 N–H and O–H groups in total. The number of benzene rings is 3. The molecule has 0 atom stereocenters. The van der Waals surface area contributed by atoms with E-state index in [0.717, 1.165) is 11.1 Å². The Bertz CT molecular complexity index is 891. The van der Waals surface area contributed by atoms with E-state index in [4.69, 9.17) is 0 Å².